The van der Waals surface area contributed by atoms with Crippen LogP contribution in [0, 0.1) is 0 Å². The average Bonchev–Trinajstić information content (AvgIpc) is 3.08. The number of rotatable bonds is 3. The van der Waals surface area contributed by atoms with Crippen molar-refractivity contribution in [1.29, 1.82) is 0 Å². The molecule has 0 saturated carbocycles. The molecule has 1 aromatic carbocycles. The summed E-state index contributed by atoms with van der Waals surface area (Å²) >= 11 is 1.19. The number of hydrogen-bond donors (Lipinski definition) is 2. The van der Waals surface area contributed by atoms with Gasteiger partial charge in [0.2, 0.25) is 0 Å². The first kappa shape index (κ1) is 17.0. The molecule has 4 nitrogen and oxygen atoms in total. The molecule has 0 aliphatic heterocycles. The summed E-state index contributed by atoms with van der Waals surface area (Å²) in [7, 11) is 0. The molecule has 0 unspecified atom stereocenters. The molecule has 25 heavy (non-hydrogen) atoms. The zero-order chi connectivity index (χ0) is 18.2. The maximum Gasteiger partial charge on any atom is 0.417 e. The van der Waals surface area contributed by atoms with Crippen molar-refractivity contribution in [3.8, 4) is 27.4 Å². The van der Waals surface area contributed by atoms with Gasteiger partial charge >= 0.3 is 12.1 Å². The lowest BCUT2D eigenvalue weighted by Crippen LogP contribution is -2.07. The Balaban J connectivity index is 2.16. The molecule has 0 radical (unpaired) electrons. The first-order valence-electron chi connectivity index (χ1n) is 6.95. The van der Waals surface area contributed by atoms with Crippen LogP contribution in [0.5, 0.6) is 5.75 Å². The summed E-state index contributed by atoms with van der Waals surface area (Å²) in [6.45, 7) is 0. The number of nitrogens with zero attached hydrogens (tertiary/aromatic N) is 1. The summed E-state index contributed by atoms with van der Waals surface area (Å²) in [5.41, 5.74) is -1.09. The van der Waals surface area contributed by atoms with Crippen molar-refractivity contribution in [3.05, 3.63) is 59.1 Å². The smallest absolute Gasteiger partial charge is 0.417 e. The number of aromatic carboxylic acids is 1. The highest BCUT2D eigenvalue weighted by molar-refractivity contribution is 7.13. The largest absolute Gasteiger partial charge is 0.505 e. The molecule has 0 bridgehead atoms. The van der Waals surface area contributed by atoms with E-state index in [2.05, 4.69) is 4.98 Å². The minimum atomic E-state index is -4.58. The lowest BCUT2D eigenvalue weighted by atomic mass is 9.99. The molecule has 2 aromatic heterocycles. The summed E-state index contributed by atoms with van der Waals surface area (Å²) in [5.74, 6) is -1.95. The molecule has 3 rings (SSSR count). The van der Waals surface area contributed by atoms with Crippen molar-refractivity contribution in [3.63, 3.8) is 0 Å². The van der Waals surface area contributed by atoms with Crippen molar-refractivity contribution in [2.24, 2.45) is 0 Å². The predicted octanol–water partition coefficient (Wildman–Crippen LogP) is 4.90. The van der Waals surface area contributed by atoms with Crippen molar-refractivity contribution < 1.29 is 28.2 Å². The number of thiophene rings is 1. The second-order valence-corrected chi connectivity index (χ2v) is 6.07. The number of aromatic nitrogens is 1. The van der Waals surface area contributed by atoms with Crippen molar-refractivity contribution >= 4 is 17.3 Å². The highest BCUT2D eigenvalue weighted by atomic mass is 32.1. The number of carboxylic acid groups (broad SMARTS) is 1. The molecule has 3 aromatic rings. The number of pyridine rings is 1. The van der Waals surface area contributed by atoms with Gasteiger partial charge in [-0.3, -0.25) is 4.98 Å². The van der Waals surface area contributed by atoms with Gasteiger partial charge in [-0.1, -0.05) is 18.2 Å². The first-order valence-corrected chi connectivity index (χ1v) is 7.83. The van der Waals surface area contributed by atoms with Crippen LogP contribution in [0.1, 0.15) is 15.9 Å². The van der Waals surface area contributed by atoms with Crippen LogP contribution in [0.4, 0.5) is 13.2 Å². The molecule has 128 valence electrons. The van der Waals surface area contributed by atoms with Gasteiger partial charge in [0.05, 0.1) is 17.5 Å². The Hall–Kier alpha value is -2.87. The maximum atomic E-state index is 13.5. The van der Waals surface area contributed by atoms with E-state index in [1.807, 2.05) is 0 Å². The van der Waals surface area contributed by atoms with Crippen LogP contribution in [-0.4, -0.2) is 21.2 Å². The SMILES string of the molecule is O=C(O)c1cc(-c2ccc(-c3cccs3)c(C(F)(F)F)c2)ncc1O. The van der Waals surface area contributed by atoms with Crippen LogP contribution in [0.15, 0.2) is 48.0 Å². The van der Waals surface area contributed by atoms with E-state index in [-0.39, 0.29) is 16.8 Å². The van der Waals surface area contributed by atoms with E-state index in [1.54, 1.807) is 17.5 Å². The minimum absolute atomic E-state index is 0.0263. The van der Waals surface area contributed by atoms with Gasteiger partial charge in [0.1, 0.15) is 11.3 Å². The number of benzene rings is 1. The molecule has 0 amide bonds. The van der Waals surface area contributed by atoms with Gasteiger partial charge in [0.15, 0.2) is 0 Å². The van der Waals surface area contributed by atoms with Gasteiger partial charge in [0.25, 0.3) is 0 Å². The second-order valence-electron chi connectivity index (χ2n) is 5.13. The van der Waals surface area contributed by atoms with E-state index in [0.717, 1.165) is 18.3 Å². The molecule has 2 N–H and O–H groups in total. The van der Waals surface area contributed by atoms with Crippen LogP contribution in [-0.2, 0) is 6.18 Å². The van der Waals surface area contributed by atoms with Crippen molar-refractivity contribution in [1.82, 2.24) is 4.98 Å². The van der Waals surface area contributed by atoms with Gasteiger partial charge in [-0.25, -0.2) is 4.79 Å². The van der Waals surface area contributed by atoms with Crippen LogP contribution in [0.25, 0.3) is 21.7 Å². The number of carboxylic acids is 1. The standard InChI is InChI=1S/C17H10F3NO3S/c18-17(19,20)12-6-9(3-4-10(12)15-2-1-5-25-15)13-7-11(16(23)24)14(22)8-21-13/h1-8,22H,(H,23,24). The third kappa shape index (κ3) is 3.34. The van der Waals surface area contributed by atoms with Gasteiger partial charge in [0, 0.05) is 16.0 Å². The quantitative estimate of drug-likeness (QED) is 0.693. The van der Waals surface area contributed by atoms with Gasteiger partial charge in [-0.05, 0) is 23.6 Å². The Labute approximate surface area is 143 Å². The number of halogens is 3. The van der Waals surface area contributed by atoms with E-state index in [4.69, 9.17) is 5.11 Å². The van der Waals surface area contributed by atoms with Crippen LogP contribution in [0.2, 0.25) is 0 Å². The number of alkyl halides is 3. The Bertz CT molecular complexity index is 937. The van der Waals surface area contributed by atoms with Gasteiger partial charge in [-0.2, -0.15) is 13.2 Å². The van der Waals surface area contributed by atoms with E-state index >= 15 is 0 Å². The molecule has 0 spiro atoms. The highest BCUT2D eigenvalue weighted by Gasteiger charge is 2.34. The van der Waals surface area contributed by atoms with Gasteiger partial charge < -0.3 is 10.2 Å². The lowest BCUT2D eigenvalue weighted by Gasteiger charge is -2.14. The molecule has 0 atom stereocenters. The maximum absolute atomic E-state index is 13.5. The van der Waals surface area contributed by atoms with Crippen molar-refractivity contribution in [2.75, 3.05) is 0 Å². The molecule has 0 aliphatic rings. The third-order valence-corrected chi connectivity index (χ3v) is 4.42. The highest BCUT2D eigenvalue weighted by Crippen LogP contribution is 2.40. The first-order chi connectivity index (χ1) is 11.8. The molecule has 0 aliphatic carbocycles. The molecule has 8 heteroatoms. The Morgan fingerprint density at radius 2 is 1.92 bits per heavy atom. The van der Waals surface area contributed by atoms with Gasteiger partial charge in [-0.15, -0.1) is 11.3 Å². The Kier molecular flexibility index (Phi) is 4.22. The second kappa shape index (κ2) is 6.21. The summed E-state index contributed by atoms with van der Waals surface area (Å²) in [4.78, 5) is 15.4. The van der Waals surface area contributed by atoms with E-state index < -0.39 is 29.0 Å². The summed E-state index contributed by atoms with van der Waals surface area (Å²) in [5, 5.41) is 20.2. The molecule has 0 saturated heterocycles. The molecule has 2 heterocycles. The molecular weight excluding hydrogens is 355 g/mol. The van der Waals surface area contributed by atoms with Crippen LogP contribution < -0.4 is 0 Å². The van der Waals surface area contributed by atoms with E-state index in [0.29, 0.717) is 4.88 Å². The Morgan fingerprint density at radius 3 is 2.52 bits per heavy atom. The number of hydrogen-bond acceptors (Lipinski definition) is 4. The van der Waals surface area contributed by atoms with Crippen LogP contribution in [0.3, 0.4) is 0 Å². The van der Waals surface area contributed by atoms with E-state index in [1.165, 1.54) is 23.5 Å². The monoisotopic (exact) mass is 365 g/mol. The van der Waals surface area contributed by atoms with E-state index in [9.17, 15) is 23.1 Å². The molecular formula is C17H10F3NO3S. The fourth-order valence-corrected chi connectivity index (χ4v) is 3.13. The summed E-state index contributed by atoms with van der Waals surface area (Å²) < 4.78 is 40.4. The topological polar surface area (TPSA) is 70.4 Å². The normalized spacial score (nSPS) is 11.5. The van der Waals surface area contributed by atoms with Crippen LogP contribution >= 0.6 is 11.3 Å². The average molecular weight is 365 g/mol. The minimum Gasteiger partial charge on any atom is -0.505 e. The number of carbonyl (C=O) groups is 1. The predicted molar refractivity (Wildman–Crippen MR) is 86.6 cm³/mol. The summed E-state index contributed by atoms with van der Waals surface area (Å²) in [6.07, 6.45) is -3.68. The Morgan fingerprint density at radius 1 is 1.16 bits per heavy atom. The zero-order valence-electron chi connectivity index (χ0n) is 12.4. The zero-order valence-corrected chi connectivity index (χ0v) is 13.2. The fraction of sp³-hybridized carbons (Fsp3) is 0.0588. The lowest BCUT2D eigenvalue weighted by molar-refractivity contribution is -0.137. The molecule has 0 fully saturated rings. The number of aromatic hydroxyl groups is 1. The fourth-order valence-electron chi connectivity index (χ4n) is 2.36. The third-order valence-electron chi connectivity index (χ3n) is 3.52. The van der Waals surface area contributed by atoms with Crippen molar-refractivity contribution in [2.45, 2.75) is 6.18 Å². The summed E-state index contributed by atoms with van der Waals surface area (Å²) in [6, 6.07) is 8.00.